The minimum Gasteiger partial charge on any atom is -0.310 e. The van der Waals surface area contributed by atoms with E-state index in [-0.39, 0.29) is 0 Å². The van der Waals surface area contributed by atoms with Gasteiger partial charge in [0.15, 0.2) is 0 Å². The number of hydrogen-bond acceptors (Lipinski definition) is 2. The lowest BCUT2D eigenvalue weighted by Gasteiger charge is -2.40. The van der Waals surface area contributed by atoms with Gasteiger partial charge in [0.2, 0.25) is 0 Å². The summed E-state index contributed by atoms with van der Waals surface area (Å²) in [5, 5.41) is 4.69. The van der Waals surface area contributed by atoms with Crippen LogP contribution >= 0.6 is 11.6 Å². The van der Waals surface area contributed by atoms with Crippen molar-refractivity contribution in [2.24, 2.45) is 0 Å². The molecule has 1 aliphatic carbocycles. The summed E-state index contributed by atoms with van der Waals surface area (Å²) < 4.78 is 0. The van der Waals surface area contributed by atoms with E-state index in [2.05, 4.69) is 22.3 Å². The van der Waals surface area contributed by atoms with Crippen LogP contribution in [0.4, 0.5) is 0 Å². The summed E-state index contributed by atoms with van der Waals surface area (Å²) in [7, 11) is 0. The van der Waals surface area contributed by atoms with E-state index in [1.54, 1.807) is 0 Å². The van der Waals surface area contributed by atoms with Gasteiger partial charge in [0.05, 0.1) is 0 Å². The summed E-state index contributed by atoms with van der Waals surface area (Å²) in [6, 6.07) is 8.33. The van der Waals surface area contributed by atoms with Crippen molar-refractivity contribution in [1.29, 1.82) is 0 Å². The van der Waals surface area contributed by atoms with Crippen LogP contribution in [0.15, 0.2) is 24.3 Å². The molecule has 0 amide bonds. The topological polar surface area (TPSA) is 15.3 Å². The van der Waals surface area contributed by atoms with Gasteiger partial charge in [-0.15, -0.1) is 0 Å². The van der Waals surface area contributed by atoms with Crippen LogP contribution in [0.25, 0.3) is 0 Å². The first kappa shape index (κ1) is 14.4. The van der Waals surface area contributed by atoms with E-state index >= 15 is 0 Å². The van der Waals surface area contributed by atoms with E-state index in [9.17, 15) is 0 Å². The van der Waals surface area contributed by atoms with Crippen molar-refractivity contribution in [2.75, 3.05) is 19.6 Å². The average molecular weight is 293 g/mol. The van der Waals surface area contributed by atoms with Crippen LogP contribution in [0.5, 0.6) is 0 Å². The summed E-state index contributed by atoms with van der Waals surface area (Å²) in [4.78, 5) is 2.63. The fourth-order valence-electron chi connectivity index (χ4n) is 3.77. The predicted molar refractivity (Wildman–Crippen MR) is 85.2 cm³/mol. The lowest BCUT2D eigenvalue weighted by Crippen LogP contribution is -2.52. The molecule has 2 nitrogen and oxygen atoms in total. The molecule has 0 unspecified atom stereocenters. The lowest BCUT2D eigenvalue weighted by molar-refractivity contribution is 0.159. The molecule has 1 saturated carbocycles. The molecule has 3 rings (SSSR count). The Balaban J connectivity index is 1.67. The Bertz CT molecular complexity index is 423. The fraction of sp³-hybridized carbons (Fsp3) is 0.647. The Kier molecular flexibility index (Phi) is 4.65. The van der Waals surface area contributed by atoms with Gasteiger partial charge in [-0.1, -0.05) is 43.0 Å². The summed E-state index contributed by atoms with van der Waals surface area (Å²) in [5.41, 5.74) is 1.77. The highest BCUT2D eigenvalue weighted by Gasteiger charge is 2.34. The van der Waals surface area contributed by atoms with E-state index < -0.39 is 0 Å². The maximum atomic E-state index is 5.97. The number of hydrogen-bond donors (Lipinski definition) is 1. The van der Waals surface area contributed by atoms with E-state index in [0.717, 1.165) is 11.6 Å². The highest BCUT2D eigenvalue weighted by Crippen LogP contribution is 2.30. The van der Waals surface area contributed by atoms with Crippen molar-refractivity contribution in [3.8, 4) is 0 Å². The van der Waals surface area contributed by atoms with Crippen molar-refractivity contribution in [3.05, 3.63) is 34.9 Å². The van der Waals surface area contributed by atoms with Crippen LogP contribution < -0.4 is 5.32 Å². The molecule has 1 aliphatic heterocycles. The minimum absolute atomic E-state index is 0.390. The molecule has 110 valence electrons. The molecule has 1 spiro atoms. The first-order valence-corrected chi connectivity index (χ1v) is 8.35. The van der Waals surface area contributed by atoms with Gasteiger partial charge in [-0.2, -0.15) is 0 Å². The van der Waals surface area contributed by atoms with Crippen LogP contribution in [0.3, 0.4) is 0 Å². The minimum atomic E-state index is 0.390. The highest BCUT2D eigenvalue weighted by molar-refractivity contribution is 6.30. The molecule has 0 aromatic heterocycles. The van der Waals surface area contributed by atoms with Gasteiger partial charge in [0, 0.05) is 23.7 Å². The Hall–Kier alpha value is -0.570. The zero-order valence-corrected chi connectivity index (χ0v) is 13.0. The van der Waals surface area contributed by atoms with E-state index in [0.29, 0.717) is 5.54 Å². The number of halogens is 1. The number of nitrogens with one attached hydrogen (secondary N) is 1. The molecule has 1 aromatic rings. The van der Waals surface area contributed by atoms with Crippen molar-refractivity contribution >= 4 is 11.6 Å². The molecular formula is C17H25ClN2. The molecule has 1 N–H and O–H groups in total. The van der Waals surface area contributed by atoms with Gasteiger partial charge in [-0.25, -0.2) is 0 Å². The quantitative estimate of drug-likeness (QED) is 0.891. The lowest BCUT2D eigenvalue weighted by atomic mass is 9.81. The molecule has 1 saturated heterocycles. The SMILES string of the molecule is Clc1ccc(CN2CCCNC3(CCCCC3)C2)cc1. The van der Waals surface area contributed by atoms with Crippen LogP contribution in [0.2, 0.25) is 5.02 Å². The van der Waals surface area contributed by atoms with Gasteiger partial charge in [0.1, 0.15) is 0 Å². The maximum Gasteiger partial charge on any atom is 0.0406 e. The second-order valence-electron chi connectivity index (χ2n) is 6.46. The zero-order valence-electron chi connectivity index (χ0n) is 12.2. The van der Waals surface area contributed by atoms with Crippen LogP contribution in [0, 0.1) is 0 Å². The molecule has 1 aromatic carbocycles. The monoisotopic (exact) mass is 292 g/mol. The van der Waals surface area contributed by atoms with E-state index in [1.807, 2.05) is 12.1 Å². The molecule has 2 aliphatic rings. The Morgan fingerprint density at radius 3 is 2.55 bits per heavy atom. The number of nitrogens with zero attached hydrogens (tertiary/aromatic N) is 1. The summed E-state index contributed by atoms with van der Waals surface area (Å²) >= 11 is 5.97. The second kappa shape index (κ2) is 6.46. The van der Waals surface area contributed by atoms with Gasteiger partial charge >= 0.3 is 0 Å². The second-order valence-corrected chi connectivity index (χ2v) is 6.89. The Morgan fingerprint density at radius 2 is 1.80 bits per heavy atom. The fourth-order valence-corrected chi connectivity index (χ4v) is 3.89. The molecule has 1 heterocycles. The molecule has 0 atom stereocenters. The van der Waals surface area contributed by atoms with Gasteiger partial charge < -0.3 is 5.32 Å². The standard InChI is InChI=1S/C17H25ClN2/c18-16-7-5-15(6-8-16)13-20-12-4-11-19-17(14-20)9-2-1-3-10-17/h5-8,19H,1-4,9-14H2. The summed E-state index contributed by atoms with van der Waals surface area (Å²) in [6.45, 7) is 4.64. The third kappa shape index (κ3) is 3.55. The normalized spacial score (nSPS) is 23.6. The highest BCUT2D eigenvalue weighted by atomic mass is 35.5. The maximum absolute atomic E-state index is 5.97. The molecular weight excluding hydrogens is 268 g/mol. The molecule has 0 radical (unpaired) electrons. The van der Waals surface area contributed by atoms with Crippen LogP contribution in [-0.2, 0) is 6.54 Å². The summed E-state index contributed by atoms with van der Waals surface area (Å²) in [5.74, 6) is 0. The molecule has 2 fully saturated rings. The molecule has 0 bridgehead atoms. The van der Waals surface area contributed by atoms with Gasteiger partial charge in [-0.3, -0.25) is 4.90 Å². The summed E-state index contributed by atoms with van der Waals surface area (Å²) in [6.07, 6.45) is 8.16. The first-order chi connectivity index (χ1) is 9.76. The van der Waals surface area contributed by atoms with Gasteiger partial charge in [0.25, 0.3) is 0 Å². The average Bonchev–Trinajstić information content (AvgIpc) is 2.65. The predicted octanol–water partition coefficient (Wildman–Crippen LogP) is 3.84. The van der Waals surface area contributed by atoms with Crippen molar-refractivity contribution in [2.45, 2.75) is 50.6 Å². The van der Waals surface area contributed by atoms with Crippen LogP contribution in [-0.4, -0.2) is 30.1 Å². The molecule has 20 heavy (non-hydrogen) atoms. The number of benzene rings is 1. The van der Waals surface area contributed by atoms with Crippen molar-refractivity contribution in [1.82, 2.24) is 10.2 Å². The van der Waals surface area contributed by atoms with Crippen molar-refractivity contribution in [3.63, 3.8) is 0 Å². The Morgan fingerprint density at radius 1 is 1.05 bits per heavy atom. The largest absolute Gasteiger partial charge is 0.310 e. The third-order valence-electron chi connectivity index (χ3n) is 4.81. The zero-order chi connectivity index (χ0) is 13.8. The molecule has 3 heteroatoms. The van der Waals surface area contributed by atoms with E-state index in [4.69, 9.17) is 11.6 Å². The van der Waals surface area contributed by atoms with Crippen LogP contribution in [0.1, 0.15) is 44.1 Å². The third-order valence-corrected chi connectivity index (χ3v) is 5.06. The van der Waals surface area contributed by atoms with E-state index in [1.165, 1.54) is 63.7 Å². The van der Waals surface area contributed by atoms with Gasteiger partial charge in [-0.05, 0) is 50.0 Å². The number of rotatable bonds is 2. The Labute approximate surface area is 127 Å². The van der Waals surface area contributed by atoms with Crippen molar-refractivity contribution < 1.29 is 0 Å². The smallest absolute Gasteiger partial charge is 0.0406 e. The first-order valence-electron chi connectivity index (χ1n) is 7.98.